The van der Waals surface area contributed by atoms with E-state index in [9.17, 15) is 22.8 Å². The molecule has 3 N–H and O–H groups in total. The predicted octanol–water partition coefficient (Wildman–Crippen LogP) is 2.97. The maximum Gasteiger partial charge on any atom is 0.408 e. The van der Waals surface area contributed by atoms with Crippen LogP contribution in [0.1, 0.15) is 29.5 Å². The Morgan fingerprint density at radius 1 is 1.21 bits per heavy atom. The van der Waals surface area contributed by atoms with Crippen molar-refractivity contribution in [2.45, 2.75) is 38.5 Å². The summed E-state index contributed by atoms with van der Waals surface area (Å²) in [5.74, 6) is -0.463. The van der Waals surface area contributed by atoms with E-state index in [4.69, 9.17) is 0 Å². The summed E-state index contributed by atoms with van der Waals surface area (Å²) in [6.07, 6.45) is -3.90. The van der Waals surface area contributed by atoms with Crippen LogP contribution in [0.4, 0.5) is 35.3 Å². The molecular weight excluding hydrogens is 453 g/mol. The van der Waals surface area contributed by atoms with Crippen LogP contribution in [-0.2, 0) is 0 Å². The molecule has 13 heteroatoms. The third-order valence-corrected chi connectivity index (χ3v) is 6.03. The van der Waals surface area contributed by atoms with E-state index in [1.165, 1.54) is 11.0 Å². The Morgan fingerprint density at radius 2 is 2.00 bits per heavy atom. The number of alkyl halides is 3. The number of urea groups is 1. The molecule has 10 nitrogen and oxygen atoms in total. The minimum absolute atomic E-state index is 0.208. The monoisotopic (exact) mass is 474 g/mol. The van der Waals surface area contributed by atoms with E-state index in [0.717, 1.165) is 12.6 Å². The quantitative estimate of drug-likeness (QED) is 0.537. The third kappa shape index (κ3) is 3.76. The standard InChI is InChI=1S/C21H21F3N8O2/c1-10-3-4-13-16(25-10)29-30-17(13)28-20(34)32-12-7-8-31(9-12)15-6-5-14(27-18(15)32)19(33)26-11(2)21(22,23)24/h3-6,11-12H,7-9H2,1-2H3,(H,26,33)(H2,25,28,29,30,34)/t11-,12?/m1/s1. The molecule has 178 valence electrons. The van der Waals surface area contributed by atoms with Crippen LogP contribution in [0.3, 0.4) is 0 Å². The SMILES string of the molecule is Cc1ccc2c(NC(=O)N3c4nc(C(=O)N[C@H](C)C(F)(F)F)ccc4N4CCC3C4)n[nH]c2n1. The molecule has 1 unspecified atom stereocenters. The smallest absolute Gasteiger partial charge is 0.366 e. The van der Waals surface area contributed by atoms with Gasteiger partial charge in [0, 0.05) is 18.8 Å². The molecule has 34 heavy (non-hydrogen) atoms. The van der Waals surface area contributed by atoms with Crippen molar-refractivity contribution in [1.29, 1.82) is 0 Å². The molecule has 3 aromatic heterocycles. The molecule has 1 fully saturated rings. The highest BCUT2D eigenvalue weighted by molar-refractivity contribution is 6.07. The molecule has 5 heterocycles. The van der Waals surface area contributed by atoms with Gasteiger partial charge in [-0.15, -0.1) is 0 Å². The number of amides is 3. The van der Waals surface area contributed by atoms with Gasteiger partial charge in [-0.05, 0) is 44.5 Å². The predicted molar refractivity (Wildman–Crippen MR) is 118 cm³/mol. The van der Waals surface area contributed by atoms with Gasteiger partial charge >= 0.3 is 12.2 Å². The Bertz CT molecular complexity index is 1290. The molecule has 2 aliphatic heterocycles. The summed E-state index contributed by atoms with van der Waals surface area (Å²) in [4.78, 5) is 37.9. The number of carbonyl (C=O) groups is 2. The Labute approximate surface area is 191 Å². The Kier molecular flexibility index (Phi) is 5.06. The first-order chi connectivity index (χ1) is 16.1. The normalized spacial score (nSPS) is 18.1. The number of hydrogen-bond donors (Lipinski definition) is 3. The van der Waals surface area contributed by atoms with Gasteiger partial charge in [0.05, 0.1) is 17.1 Å². The Balaban J connectivity index is 1.45. The van der Waals surface area contributed by atoms with Crippen LogP contribution in [0.25, 0.3) is 11.0 Å². The van der Waals surface area contributed by atoms with Gasteiger partial charge in [-0.1, -0.05) is 0 Å². The number of aromatic amines is 1. The van der Waals surface area contributed by atoms with Crippen LogP contribution >= 0.6 is 0 Å². The largest absolute Gasteiger partial charge is 0.408 e. The van der Waals surface area contributed by atoms with Gasteiger partial charge in [0.15, 0.2) is 17.3 Å². The number of fused-ring (bicyclic) bond motifs is 5. The number of carbonyl (C=O) groups excluding carboxylic acids is 2. The number of halogens is 3. The van der Waals surface area contributed by atoms with Crippen LogP contribution in [-0.4, -0.2) is 63.5 Å². The molecule has 2 aliphatic rings. The highest BCUT2D eigenvalue weighted by Gasteiger charge is 2.41. The second kappa shape index (κ2) is 7.85. The summed E-state index contributed by atoms with van der Waals surface area (Å²) < 4.78 is 38.6. The number of H-pyrrole nitrogens is 1. The minimum atomic E-state index is -4.58. The Hall–Kier alpha value is -3.90. The zero-order valence-corrected chi connectivity index (χ0v) is 18.3. The lowest BCUT2D eigenvalue weighted by Gasteiger charge is -2.35. The number of aryl methyl sites for hydroxylation is 1. The van der Waals surface area contributed by atoms with Crippen molar-refractivity contribution in [3.8, 4) is 0 Å². The van der Waals surface area contributed by atoms with E-state index < -0.39 is 24.2 Å². The van der Waals surface area contributed by atoms with Gasteiger partial charge in [-0.3, -0.25) is 20.1 Å². The van der Waals surface area contributed by atoms with Crippen molar-refractivity contribution in [2.24, 2.45) is 0 Å². The highest BCUT2D eigenvalue weighted by Crippen LogP contribution is 2.39. The van der Waals surface area contributed by atoms with Crippen molar-refractivity contribution in [1.82, 2.24) is 25.5 Å². The molecule has 0 saturated carbocycles. The molecule has 5 rings (SSSR count). The lowest BCUT2D eigenvalue weighted by atomic mass is 10.1. The number of rotatable bonds is 3. The third-order valence-electron chi connectivity index (χ3n) is 6.03. The number of aromatic nitrogens is 4. The fourth-order valence-electron chi connectivity index (χ4n) is 4.21. The molecule has 3 aromatic rings. The zero-order chi connectivity index (χ0) is 24.2. The average Bonchev–Trinajstić information content (AvgIpc) is 3.37. The number of nitrogens with one attached hydrogen (secondary N) is 3. The highest BCUT2D eigenvalue weighted by atomic mass is 19.4. The lowest BCUT2D eigenvalue weighted by molar-refractivity contribution is -0.149. The van der Waals surface area contributed by atoms with Crippen LogP contribution in [0, 0.1) is 6.92 Å². The molecule has 0 aliphatic carbocycles. The number of pyridine rings is 2. The summed E-state index contributed by atoms with van der Waals surface area (Å²) in [6.45, 7) is 3.96. The van der Waals surface area contributed by atoms with E-state index in [1.807, 2.05) is 17.1 Å². The van der Waals surface area contributed by atoms with E-state index in [0.29, 0.717) is 42.0 Å². The maximum absolute atomic E-state index is 13.3. The van der Waals surface area contributed by atoms with Crippen LogP contribution < -0.4 is 20.4 Å². The van der Waals surface area contributed by atoms with Crippen LogP contribution in [0.15, 0.2) is 24.3 Å². The van der Waals surface area contributed by atoms with Gasteiger partial charge < -0.3 is 10.2 Å². The zero-order valence-electron chi connectivity index (χ0n) is 18.3. The topological polar surface area (TPSA) is 119 Å². The van der Waals surface area contributed by atoms with Gasteiger partial charge in [-0.25, -0.2) is 14.8 Å². The fraction of sp³-hybridized carbons (Fsp3) is 0.381. The molecule has 0 spiro atoms. The number of anilines is 3. The first-order valence-corrected chi connectivity index (χ1v) is 10.7. The summed E-state index contributed by atoms with van der Waals surface area (Å²) in [5, 5.41) is 12.2. The van der Waals surface area contributed by atoms with Crippen molar-refractivity contribution in [3.63, 3.8) is 0 Å². The molecule has 0 radical (unpaired) electrons. The summed E-state index contributed by atoms with van der Waals surface area (Å²) in [6, 6.07) is 3.80. The number of nitrogens with zero attached hydrogens (tertiary/aromatic N) is 5. The molecular formula is C21H21F3N8O2. The van der Waals surface area contributed by atoms with Crippen molar-refractivity contribution >= 4 is 40.3 Å². The van der Waals surface area contributed by atoms with Crippen LogP contribution in [0.5, 0.6) is 0 Å². The summed E-state index contributed by atoms with van der Waals surface area (Å²) in [5.41, 5.74) is 1.74. The maximum atomic E-state index is 13.3. The van der Waals surface area contributed by atoms with Gasteiger partial charge in [0.25, 0.3) is 5.91 Å². The first-order valence-electron chi connectivity index (χ1n) is 10.7. The van der Waals surface area contributed by atoms with Crippen molar-refractivity contribution < 1.29 is 22.8 Å². The second-order valence-electron chi connectivity index (χ2n) is 8.39. The van der Waals surface area contributed by atoms with Gasteiger partial charge in [-0.2, -0.15) is 18.3 Å². The van der Waals surface area contributed by atoms with Crippen molar-refractivity contribution in [3.05, 3.63) is 35.7 Å². The molecule has 2 atom stereocenters. The first kappa shape index (κ1) is 21.9. The van der Waals surface area contributed by atoms with E-state index >= 15 is 0 Å². The fourth-order valence-corrected chi connectivity index (χ4v) is 4.21. The lowest BCUT2D eigenvalue weighted by Crippen LogP contribution is -2.49. The van der Waals surface area contributed by atoms with Crippen LogP contribution in [0.2, 0.25) is 0 Å². The molecule has 0 aromatic carbocycles. The minimum Gasteiger partial charge on any atom is -0.366 e. The summed E-state index contributed by atoms with van der Waals surface area (Å²) >= 11 is 0. The molecule has 2 bridgehead atoms. The Morgan fingerprint density at radius 3 is 2.76 bits per heavy atom. The van der Waals surface area contributed by atoms with E-state index in [1.54, 1.807) is 18.2 Å². The average molecular weight is 474 g/mol. The second-order valence-corrected chi connectivity index (χ2v) is 8.39. The number of hydrogen-bond acceptors (Lipinski definition) is 6. The van der Waals surface area contributed by atoms with E-state index in [2.05, 4.69) is 25.5 Å². The van der Waals surface area contributed by atoms with Gasteiger partial charge in [0.2, 0.25) is 0 Å². The van der Waals surface area contributed by atoms with Crippen molar-refractivity contribution in [2.75, 3.05) is 28.2 Å². The van der Waals surface area contributed by atoms with Gasteiger partial charge in [0.1, 0.15) is 11.7 Å². The molecule has 1 saturated heterocycles. The summed E-state index contributed by atoms with van der Waals surface area (Å²) in [7, 11) is 0. The van der Waals surface area contributed by atoms with E-state index in [-0.39, 0.29) is 17.6 Å². The molecule has 3 amide bonds.